The summed E-state index contributed by atoms with van der Waals surface area (Å²) in [4.78, 5) is 25.9. The van der Waals surface area contributed by atoms with Crippen molar-refractivity contribution in [3.8, 4) is 0 Å². The molecule has 6 heteroatoms. The monoisotopic (exact) mass is 399 g/mol. The van der Waals surface area contributed by atoms with Gasteiger partial charge in [-0.1, -0.05) is 18.2 Å². The summed E-state index contributed by atoms with van der Waals surface area (Å²) in [7, 11) is 0. The number of hydrogen-bond donors (Lipinski definition) is 1. The molecule has 1 N–H and O–H groups in total. The van der Waals surface area contributed by atoms with Crippen LogP contribution in [0.25, 0.3) is 0 Å². The maximum absolute atomic E-state index is 12.8. The lowest BCUT2D eigenvalue weighted by Gasteiger charge is -2.28. The van der Waals surface area contributed by atoms with Crippen LogP contribution in [0, 0.1) is 0 Å². The molecule has 5 rings (SSSR count). The highest BCUT2D eigenvalue weighted by Crippen LogP contribution is 2.33. The highest BCUT2D eigenvalue weighted by molar-refractivity contribution is 6.03. The van der Waals surface area contributed by atoms with E-state index in [1.54, 1.807) is 6.07 Å². The number of anilines is 4. The van der Waals surface area contributed by atoms with Gasteiger partial charge in [-0.25, -0.2) is 9.97 Å². The summed E-state index contributed by atoms with van der Waals surface area (Å²) in [6.07, 6.45) is 6.25. The van der Waals surface area contributed by atoms with E-state index in [0.29, 0.717) is 5.69 Å². The Morgan fingerprint density at radius 3 is 2.53 bits per heavy atom. The fourth-order valence-electron chi connectivity index (χ4n) is 4.30. The molecule has 0 bridgehead atoms. The van der Waals surface area contributed by atoms with Gasteiger partial charge in [0.1, 0.15) is 17.8 Å². The van der Waals surface area contributed by atoms with Crippen LogP contribution in [0.3, 0.4) is 0 Å². The van der Waals surface area contributed by atoms with Crippen molar-refractivity contribution in [3.63, 3.8) is 0 Å². The highest BCUT2D eigenvalue weighted by Gasteiger charge is 2.22. The molecule has 0 aliphatic carbocycles. The number of fused-ring (bicyclic) bond motifs is 1. The first-order valence-electron chi connectivity index (χ1n) is 10.6. The van der Waals surface area contributed by atoms with E-state index >= 15 is 0 Å². The lowest BCUT2D eigenvalue weighted by atomic mass is 10.1. The minimum absolute atomic E-state index is 0.225. The molecule has 3 heterocycles. The van der Waals surface area contributed by atoms with E-state index in [0.717, 1.165) is 43.2 Å². The first-order chi connectivity index (χ1) is 14.8. The first-order valence-corrected chi connectivity index (χ1v) is 10.6. The number of benzene rings is 2. The predicted molar refractivity (Wildman–Crippen MR) is 120 cm³/mol. The van der Waals surface area contributed by atoms with Crippen LogP contribution in [0.4, 0.5) is 22.9 Å². The Bertz CT molecular complexity index is 1040. The van der Waals surface area contributed by atoms with Gasteiger partial charge >= 0.3 is 0 Å². The number of aromatic nitrogens is 2. The van der Waals surface area contributed by atoms with Gasteiger partial charge in [-0.3, -0.25) is 4.79 Å². The van der Waals surface area contributed by atoms with Gasteiger partial charge in [0.2, 0.25) is 0 Å². The Kier molecular flexibility index (Phi) is 5.05. The molecule has 0 unspecified atom stereocenters. The Balaban J connectivity index is 1.29. The lowest BCUT2D eigenvalue weighted by molar-refractivity contribution is 0.102. The number of carbonyl (C=O) groups is 1. The second kappa shape index (κ2) is 8.14. The van der Waals surface area contributed by atoms with Crippen LogP contribution in [0.15, 0.2) is 60.9 Å². The normalized spacial score (nSPS) is 15.7. The SMILES string of the molecule is O=C(Nc1ccc(N2CCCCC2)cc1)c1cc(N2CCc3ccccc32)ncn1. The number of piperidine rings is 1. The van der Waals surface area contributed by atoms with Crippen molar-refractivity contribution in [2.45, 2.75) is 25.7 Å². The fourth-order valence-corrected chi connectivity index (χ4v) is 4.30. The zero-order valence-corrected chi connectivity index (χ0v) is 16.9. The third kappa shape index (κ3) is 3.73. The first kappa shape index (κ1) is 18.6. The Morgan fingerprint density at radius 2 is 1.70 bits per heavy atom. The van der Waals surface area contributed by atoms with Crippen LogP contribution in [-0.4, -0.2) is 35.5 Å². The quantitative estimate of drug-likeness (QED) is 0.704. The summed E-state index contributed by atoms with van der Waals surface area (Å²) >= 11 is 0. The van der Waals surface area contributed by atoms with Gasteiger partial charge in [0.25, 0.3) is 5.91 Å². The van der Waals surface area contributed by atoms with Crippen molar-refractivity contribution in [1.29, 1.82) is 0 Å². The zero-order valence-electron chi connectivity index (χ0n) is 16.9. The summed E-state index contributed by atoms with van der Waals surface area (Å²) in [5.41, 5.74) is 4.80. The molecule has 3 aromatic rings. The number of amides is 1. The lowest BCUT2D eigenvalue weighted by Crippen LogP contribution is -2.29. The van der Waals surface area contributed by atoms with Crippen molar-refractivity contribution in [2.75, 3.05) is 34.8 Å². The van der Waals surface area contributed by atoms with Crippen LogP contribution in [0.2, 0.25) is 0 Å². The molecule has 0 atom stereocenters. The molecule has 0 spiro atoms. The maximum atomic E-state index is 12.8. The van der Waals surface area contributed by atoms with Gasteiger partial charge in [0.15, 0.2) is 0 Å². The van der Waals surface area contributed by atoms with Gasteiger partial charge in [-0.05, 0) is 61.6 Å². The topological polar surface area (TPSA) is 61.4 Å². The van der Waals surface area contributed by atoms with E-state index in [-0.39, 0.29) is 5.91 Å². The zero-order chi connectivity index (χ0) is 20.3. The summed E-state index contributed by atoms with van der Waals surface area (Å²) in [6, 6.07) is 18.1. The van der Waals surface area contributed by atoms with E-state index < -0.39 is 0 Å². The molecule has 30 heavy (non-hydrogen) atoms. The van der Waals surface area contributed by atoms with Crippen molar-refractivity contribution in [2.24, 2.45) is 0 Å². The van der Waals surface area contributed by atoms with Crippen LogP contribution >= 0.6 is 0 Å². The predicted octanol–water partition coefficient (Wildman–Crippen LogP) is 4.41. The van der Waals surface area contributed by atoms with Crippen molar-refractivity contribution >= 4 is 28.8 Å². The fraction of sp³-hybridized carbons (Fsp3) is 0.292. The summed E-state index contributed by atoms with van der Waals surface area (Å²) in [5.74, 6) is 0.525. The van der Waals surface area contributed by atoms with Crippen molar-refractivity contribution in [1.82, 2.24) is 9.97 Å². The van der Waals surface area contributed by atoms with E-state index in [2.05, 4.69) is 55.4 Å². The van der Waals surface area contributed by atoms with Gasteiger partial charge in [-0.15, -0.1) is 0 Å². The number of nitrogens with zero attached hydrogens (tertiary/aromatic N) is 4. The molecule has 152 valence electrons. The van der Waals surface area contributed by atoms with E-state index in [9.17, 15) is 4.79 Å². The summed E-state index contributed by atoms with van der Waals surface area (Å²) < 4.78 is 0. The Hall–Kier alpha value is -3.41. The molecule has 2 aliphatic heterocycles. The van der Waals surface area contributed by atoms with E-state index in [1.165, 1.54) is 36.8 Å². The molecule has 1 amide bonds. The molecule has 0 radical (unpaired) electrons. The minimum Gasteiger partial charge on any atom is -0.372 e. The largest absolute Gasteiger partial charge is 0.372 e. The summed E-state index contributed by atoms with van der Waals surface area (Å²) in [5, 5.41) is 2.96. The average molecular weight is 399 g/mol. The third-order valence-corrected chi connectivity index (χ3v) is 5.90. The van der Waals surface area contributed by atoms with Gasteiger partial charge in [0, 0.05) is 42.8 Å². The third-order valence-electron chi connectivity index (χ3n) is 5.90. The van der Waals surface area contributed by atoms with Crippen LogP contribution in [0.5, 0.6) is 0 Å². The molecule has 2 aliphatic rings. The van der Waals surface area contributed by atoms with Crippen LogP contribution in [0.1, 0.15) is 35.3 Å². The molecule has 1 fully saturated rings. The maximum Gasteiger partial charge on any atom is 0.274 e. The minimum atomic E-state index is -0.225. The average Bonchev–Trinajstić information content (AvgIpc) is 3.24. The molecule has 2 aromatic carbocycles. The number of hydrogen-bond acceptors (Lipinski definition) is 5. The Labute approximate surface area is 176 Å². The second-order valence-electron chi connectivity index (χ2n) is 7.84. The van der Waals surface area contributed by atoms with Gasteiger partial charge in [-0.2, -0.15) is 0 Å². The Morgan fingerprint density at radius 1 is 0.900 bits per heavy atom. The highest BCUT2D eigenvalue weighted by atomic mass is 16.1. The van der Waals surface area contributed by atoms with Crippen LogP contribution in [-0.2, 0) is 6.42 Å². The standard InChI is InChI=1S/C24H25N5O/c30-24(27-19-8-10-20(11-9-19)28-13-4-1-5-14-28)21-16-23(26-17-25-21)29-15-12-18-6-2-3-7-22(18)29/h2-3,6-11,16-17H,1,4-5,12-15H2,(H,27,30). The van der Waals surface area contributed by atoms with E-state index in [4.69, 9.17) is 0 Å². The van der Waals surface area contributed by atoms with Gasteiger partial charge < -0.3 is 15.1 Å². The number of nitrogens with one attached hydrogen (secondary N) is 1. The molecular weight excluding hydrogens is 374 g/mol. The van der Waals surface area contributed by atoms with Crippen molar-refractivity contribution < 1.29 is 4.79 Å². The second-order valence-corrected chi connectivity index (χ2v) is 7.84. The number of carbonyl (C=O) groups excluding carboxylic acids is 1. The van der Waals surface area contributed by atoms with Crippen molar-refractivity contribution in [3.05, 3.63) is 72.2 Å². The van der Waals surface area contributed by atoms with E-state index in [1.807, 2.05) is 18.2 Å². The van der Waals surface area contributed by atoms with Crippen LogP contribution < -0.4 is 15.1 Å². The summed E-state index contributed by atoms with van der Waals surface area (Å²) in [6.45, 7) is 3.07. The molecule has 1 aromatic heterocycles. The number of para-hydroxylation sites is 1. The molecule has 6 nitrogen and oxygen atoms in total. The molecule has 1 saturated heterocycles. The molecule has 0 saturated carbocycles. The smallest absolute Gasteiger partial charge is 0.274 e. The van der Waals surface area contributed by atoms with Gasteiger partial charge in [0.05, 0.1) is 0 Å². The molecular formula is C24H25N5O. The number of rotatable bonds is 4.